The van der Waals surface area contributed by atoms with Crippen LogP contribution < -0.4 is 0 Å². The van der Waals surface area contributed by atoms with Gasteiger partial charge >= 0.3 is 23.9 Å². The van der Waals surface area contributed by atoms with Gasteiger partial charge in [0.1, 0.15) is 18.8 Å². The van der Waals surface area contributed by atoms with Gasteiger partial charge in [-0.25, -0.2) is 4.79 Å². The Bertz CT molecular complexity index is 1720. The number of ether oxygens (including phenoxy) is 5. The summed E-state index contributed by atoms with van der Waals surface area (Å²) in [5, 5.41) is 31.6. The van der Waals surface area contributed by atoms with E-state index >= 15 is 0 Å². The van der Waals surface area contributed by atoms with Crippen molar-refractivity contribution < 1.29 is 58.2 Å². The minimum absolute atomic E-state index is 0.0564. The summed E-state index contributed by atoms with van der Waals surface area (Å²) >= 11 is 0. The fourth-order valence-electron chi connectivity index (χ4n) is 10.2. The smallest absolute Gasteiger partial charge is 0.335 e. The summed E-state index contributed by atoms with van der Waals surface area (Å²) in [6, 6.07) is 0. The van der Waals surface area contributed by atoms with Crippen molar-refractivity contribution >= 4 is 23.9 Å². The van der Waals surface area contributed by atoms with Gasteiger partial charge in [0.15, 0.2) is 24.6 Å². The average Bonchev–Trinajstić information content (AvgIpc) is 3.58. The number of aliphatic hydroxyl groups is 2. The summed E-state index contributed by atoms with van der Waals surface area (Å²) in [7, 11) is 0. The van der Waals surface area contributed by atoms with Crippen LogP contribution in [0.5, 0.6) is 0 Å². The summed E-state index contributed by atoms with van der Waals surface area (Å²) in [4.78, 5) is 51.4. The second-order valence-electron chi connectivity index (χ2n) is 23.1. The standard InChI is InChI=1S/C71H122O12/c1-4-7-10-13-16-19-22-25-28-30-32-34-37-39-42-45-48-51-54-57-63(72)79-60-62(81-64(73)58-55-52-49-46-43-41-38-35-33-31-29-26-23-20-17-14-11-8-5-2)61-80-71-69(67(76)66(75)68(83-71)70(77)78)82-65(74)59-56-53-50-47-44-40-36-27-24-21-18-15-12-9-6-3/h7,10,16,19,25,28,32,34,39,42,48,51,62,66-69,71,75-76H,4-6,8-9,11-15,17-18,20-24,26-27,29-31,33,35-38,40-41,43-47,49-50,52-61H2,1-3H3,(H,77,78)/b10-7-,19-16-,28-25-,34-32-,42-39-,51-48-. The lowest BCUT2D eigenvalue weighted by atomic mass is 9.98. The quantitative estimate of drug-likeness (QED) is 0.0228. The highest BCUT2D eigenvalue weighted by atomic mass is 16.7. The molecule has 83 heavy (non-hydrogen) atoms. The topological polar surface area (TPSA) is 175 Å². The van der Waals surface area contributed by atoms with Gasteiger partial charge in [-0.3, -0.25) is 14.4 Å². The van der Waals surface area contributed by atoms with Gasteiger partial charge in [-0.15, -0.1) is 0 Å². The third kappa shape index (κ3) is 48.0. The Labute approximate surface area is 506 Å². The van der Waals surface area contributed by atoms with Crippen LogP contribution in [0.25, 0.3) is 0 Å². The van der Waals surface area contributed by atoms with E-state index < -0.39 is 67.3 Å². The Hall–Kier alpha value is -3.84. The van der Waals surface area contributed by atoms with Crippen molar-refractivity contribution in [3.05, 3.63) is 72.9 Å². The first-order valence-electron chi connectivity index (χ1n) is 33.9. The second kappa shape index (κ2) is 58.5. The van der Waals surface area contributed by atoms with E-state index in [0.29, 0.717) is 19.3 Å². The Morgan fingerprint density at radius 3 is 1.13 bits per heavy atom. The molecule has 0 radical (unpaired) electrons. The summed E-state index contributed by atoms with van der Waals surface area (Å²) in [6.45, 7) is 5.87. The lowest BCUT2D eigenvalue weighted by molar-refractivity contribution is -0.301. The first-order chi connectivity index (χ1) is 40.6. The highest BCUT2D eigenvalue weighted by Gasteiger charge is 2.50. The molecule has 6 atom stereocenters. The van der Waals surface area contributed by atoms with Gasteiger partial charge in [0.25, 0.3) is 0 Å². The average molecular weight is 1170 g/mol. The number of allylic oxidation sites excluding steroid dienone is 12. The van der Waals surface area contributed by atoms with Crippen LogP contribution in [-0.2, 0) is 42.9 Å². The van der Waals surface area contributed by atoms with Crippen LogP contribution in [0.15, 0.2) is 72.9 Å². The Morgan fingerprint density at radius 1 is 0.410 bits per heavy atom. The fraction of sp³-hybridized carbons (Fsp3) is 0.775. The van der Waals surface area contributed by atoms with Crippen molar-refractivity contribution in [3.8, 4) is 0 Å². The Balaban J connectivity index is 2.68. The molecular weight excluding hydrogens is 1040 g/mol. The molecule has 0 aliphatic carbocycles. The molecule has 1 aliphatic heterocycles. The molecule has 0 aromatic carbocycles. The zero-order chi connectivity index (χ0) is 60.3. The number of carbonyl (C=O) groups excluding carboxylic acids is 3. The molecule has 1 fully saturated rings. The maximum Gasteiger partial charge on any atom is 0.335 e. The highest BCUT2D eigenvalue weighted by Crippen LogP contribution is 2.27. The fourth-order valence-corrected chi connectivity index (χ4v) is 10.2. The number of aliphatic carboxylic acids is 1. The molecule has 0 saturated carbocycles. The molecule has 1 aliphatic rings. The Kier molecular flexibility index (Phi) is 54.4. The molecule has 6 unspecified atom stereocenters. The van der Waals surface area contributed by atoms with Crippen LogP contribution in [0.3, 0.4) is 0 Å². The van der Waals surface area contributed by atoms with E-state index in [-0.39, 0.29) is 25.9 Å². The molecule has 1 rings (SSSR count). The Morgan fingerprint density at radius 2 is 0.759 bits per heavy atom. The molecule has 0 amide bonds. The maximum atomic E-state index is 13.2. The number of carboxylic acids is 1. The number of hydrogen-bond donors (Lipinski definition) is 3. The number of unbranched alkanes of at least 4 members (excludes halogenated alkanes) is 32. The van der Waals surface area contributed by atoms with Gasteiger partial charge in [0, 0.05) is 19.3 Å². The summed E-state index contributed by atoms with van der Waals surface area (Å²) in [5.74, 6) is -3.20. The predicted octanol–water partition coefficient (Wildman–Crippen LogP) is 18.5. The minimum Gasteiger partial charge on any atom is -0.479 e. The third-order valence-corrected chi connectivity index (χ3v) is 15.3. The van der Waals surface area contributed by atoms with Crippen molar-refractivity contribution in [1.82, 2.24) is 0 Å². The zero-order valence-corrected chi connectivity index (χ0v) is 52.9. The monoisotopic (exact) mass is 1170 g/mol. The minimum atomic E-state index is -1.91. The number of carboxylic acid groups (broad SMARTS) is 1. The number of esters is 3. The first kappa shape index (κ1) is 77.2. The molecule has 12 nitrogen and oxygen atoms in total. The van der Waals surface area contributed by atoms with E-state index in [2.05, 4.69) is 81.5 Å². The summed E-state index contributed by atoms with van der Waals surface area (Å²) in [6.07, 6.45) is 63.0. The van der Waals surface area contributed by atoms with Crippen LogP contribution in [0.2, 0.25) is 0 Å². The van der Waals surface area contributed by atoms with Crippen molar-refractivity contribution in [1.29, 1.82) is 0 Å². The van der Waals surface area contributed by atoms with Gasteiger partial charge in [-0.05, 0) is 57.8 Å². The number of carbonyl (C=O) groups is 4. The molecular formula is C71H122O12. The van der Waals surface area contributed by atoms with E-state index in [4.69, 9.17) is 23.7 Å². The van der Waals surface area contributed by atoms with E-state index in [1.165, 1.54) is 161 Å². The van der Waals surface area contributed by atoms with Gasteiger partial charge in [-0.2, -0.15) is 0 Å². The summed E-state index contributed by atoms with van der Waals surface area (Å²) in [5.41, 5.74) is 0. The molecule has 3 N–H and O–H groups in total. The van der Waals surface area contributed by atoms with Crippen LogP contribution in [-0.4, -0.2) is 89.2 Å². The molecule has 12 heteroatoms. The number of hydrogen-bond acceptors (Lipinski definition) is 11. The van der Waals surface area contributed by atoms with Gasteiger partial charge in [0.05, 0.1) is 6.61 Å². The van der Waals surface area contributed by atoms with E-state index in [9.17, 15) is 34.5 Å². The van der Waals surface area contributed by atoms with E-state index in [0.717, 1.165) is 83.5 Å². The van der Waals surface area contributed by atoms with Crippen molar-refractivity contribution in [2.24, 2.45) is 0 Å². The maximum absolute atomic E-state index is 13.2. The van der Waals surface area contributed by atoms with Crippen LogP contribution >= 0.6 is 0 Å². The predicted molar refractivity (Wildman–Crippen MR) is 340 cm³/mol. The van der Waals surface area contributed by atoms with Crippen molar-refractivity contribution in [2.45, 2.75) is 340 Å². The number of aliphatic hydroxyl groups excluding tert-OH is 2. The zero-order valence-electron chi connectivity index (χ0n) is 52.9. The van der Waals surface area contributed by atoms with Crippen LogP contribution in [0.4, 0.5) is 0 Å². The van der Waals surface area contributed by atoms with E-state index in [1.807, 2.05) is 12.2 Å². The van der Waals surface area contributed by atoms with Gasteiger partial charge < -0.3 is 39.0 Å². The largest absolute Gasteiger partial charge is 0.479 e. The molecule has 1 saturated heterocycles. The van der Waals surface area contributed by atoms with Crippen LogP contribution in [0.1, 0.15) is 303 Å². The molecule has 0 spiro atoms. The van der Waals surface area contributed by atoms with Crippen molar-refractivity contribution in [2.75, 3.05) is 13.2 Å². The first-order valence-corrected chi connectivity index (χ1v) is 33.9. The third-order valence-electron chi connectivity index (χ3n) is 15.3. The molecule has 1 heterocycles. The van der Waals surface area contributed by atoms with Gasteiger partial charge in [-0.1, -0.05) is 299 Å². The van der Waals surface area contributed by atoms with Crippen molar-refractivity contribution in [3.63, 3.8) is 0 Å². The molecule has 0 bridgehead atoms. The molecule has 478 valence electrons. The lowest BCUT2D eigenvalue weighted by Gasteiger charge is -2.40. The molecule has 0 aromatic heterocycles. The highest BCUT2D eigenvalue weighted by molar-refractivity contribution is 5.74. The lowest BCUT2D eigenvalue weighted by Crippen LogP contribution is -2.61. The van der Waals surface area contributed by atoms with Crippen LogP contribution in [0, 0.1) is 0 Å². The molecule has 0 aromatic rings. The van der Waals surface area contributed by atoms with Gasteiger partial charge in [0.2, 0.25) is 0 Å². The second-order valence-corrected chi connectivity index (χ2v) is 23.1. The normalized spacial score (nSPS) is 18.0. The number of rotatable bonds is 58. The summed E-state index contributed by atoms with van der Waals surface area (Å²) < 4.78 is 28.5. The van der Waals surface area contributed by atoms with E-state index in [1.54, 1.807) is 0 Å². The SMILES string of the molecule is CC/C=C\C/C=C\C/C=C\C/C=C\C/C=C\C/C=C\CCC(=O)OCC(COC1OC(C(=O)O)C(O)C(O)C1OC(=O)CCCCCCCCCCCCCCCCC)OC(=O)CCCCCCCCCCCCCCCCCCCCC.